The molecule has 0 unspecified atom stereocenters. The number of piperidine rings is 1. The average molecular weight is 445 g/mol. The van der Waals surface area contributed by atoms with Gasteiger partial charge in [0.1, 0.15) is 17.9 Å². The lowest BCUT2D eigenvalue weighted by Gasteiger charge is -2.37. The first-order valence-electron chi connectivity index (χ1n) is 10.7. The monoisotopic (exact) mass is 445 g/mol. The Morgan fingerprint density at radius 1 is 1.09 bits per heavy atom. The summed E-state index contributed by atoms with van der Waals surface area (Å²) in [5.41, 5.74) is -0.357. The molecule has 1 aromatic carbocycles. The Labute approximate surface area is 183 Å². The molecule has 1 aromatic heterocycles. The van der Waals surface area contributed by atoms with E-state index in [-0.39, 0.29) is 37.5 Å². The van der Waals surface area contributed by atoms with Gasteiger partial charge in [-0.05, 0) is 49.6 Å². The van der Waals surface area contributed by atoms with Gasteiger partial charge in [0.25, 0.3) is 11.8 Å². The van der Waals surface area contributed by atoms with Gasteiger partial charge < -0.3 is 14.5 Å². The predicted molar refractivity (Wildman–Crippen MR) is 107 cm³/mol. The number of aryl methyl sites for hydroxylation is 1. The van der Waals surface area contributed by atoms with Crippen LogP contribution in [0.5, 0.6) is 0 Å². The van der Waals surface area contributed by atoms with Crippen LogP contribution in [0.4, 0.5) is 13.2 Å². The number of hydrogen-bond donors (Lipinski definition) is 0. The van der Waals surface area contributed by atoms with Crippen LogP contribution in [0.3, 0.4) is 0 Å². The third-order valence-corrected chi connectivity index (χ3v) is 6.63. The van der Waals surface area contributed by atoms with Gasteiger partial charge in [0, 0.05) is 37.7 Å². The Kier molecular flexibility index (Phi) is 4.96. The summed E-state index contributed by atoms with van der Waals surface area (Å²) in [5, 5.41) is 0. The summed E-state index contributed by atoms with van der Waals surface area (Å²) < 4.78 is 47.8. The molecule has 3 aliphatic heterocycles. The van der Waals surface area contributed by atoms with Crippen molar-refractivity contribution in [1.29, 1.82) is 0 Å². The summed E-state index contributed by atoms with van der Waals surface area (Å²) in [7, 11) is 0. The van der Waals surface area contributed by atoms with Crippen molar-refractivity contribution in [1.82, 2.24) is 14.8 Å². The van der Waals surface area contributed by atoms with Crippen molar-refractivity contribution in [3.63, 3.8) is 0 Å². The predicted octanol–water partition coefficient (Wildman–Crippen LogP) is 3.50. The third kappa shape index (κ3) is 3.35. The van der Waals surface area contributed by atoms with Crippen LogP contribution in [0.25, 0.3) is 0 Å². The van der Waals surface area contributed by atoms with Gasteiger partial charge in [-0.3, -0.25) is 9.59 Å². The highest BCUT2D eigenvalue weighted by Gasteiger charge is 2.58. The molecular weight excluding hydrogens is 423 g/mol. The summed E-state index contributed by atoms with van der Waals surface area (Å²) in [6.07, 6.45) is 1.19. The summed E-state index contributed by atoms with van der Waals surface area (Å²) in [4.78, 5) is 33.3. The molecule has 2 aromatic rings. The zero-order chi connectivity index (χ0) is 22.6. The SMILES string of the molecule is Cc1ccc(F)c(C(=O)N2CCC3(CC2)O[C@@H]2CC[C@@H](c4cc(F)cc(F)c4)N2C3=O)n1. The van der Waals surface area contributed by atoms with E-state index >= 15 is 0 Å². The smallest absolute Gasteiger partial charge is 0.275 e. The standard InChI is InChI=1S/C23H22F3N3O3/c1-13-2-3-17(26)20(27-13)21(30)28-8-6-23(7-9-28)22(31)29-18(4-5-19(29)32-23)14-10-15(24)12-16(25)11-14/h2-3,10-12,18-19H,4-9H2,1H3/t18-,19+/m0/s1. The molecule has 3 aliphatic rings. The normalized spacial score (nSPS) is 24.3. The maximum absolute atomic E-state index is 14.1. The second-order valence-electron chi connectivity index (χ2n) is 8.65. The van der Waals surface area contributed by atoms with E-state index in [9.17, 15) is 22.8 Å². The van der Waals surface area contributed by atoms with E-state index in [1.54, 1.807) is 11.8 Å². The molecule has 0 bridgehead atoms. The minimum atomic E-state index is -1.08. The van der Waals surface area contributed by atoms with E-state index in [0.717, 1.165) is 6.07 Å². The Bertz CT molecular complexity index is 1080. The molecule has 9 heteroatoms. The minimum absolute atomic E-state index is 0.221. The fraction of sp³-hybridized carbons (Fsp3) is 0.435. The Balaban J connectivity index is 1.32. The van der Waals surface area contributed by atoms with Gasteiger partial charge in [-0.25, -0.2) is 18.2 Å². The highest BCUT2D eigenvalue weighted by molar-refractivity contribution is 5.93. The average Bonchev–Trinajstić information content (AvgIpc) is 3.27. The zero-order valence-electron chi connectivity index (χ0n) is 17.5. The van der Waals surface area contributed by atoms with Crippen molar-refractivity contribution in [2.45, 2.75) is 50.5 Å². The number of likely N-dealkylation sites (tertiary alicyclic amines) is 1. The van der Waals surface area contributed by atoms with Gasteiger partial charge in [0.15, 0.2) is 17.1 Å². The van der Waals surface area contributed by atoms with E-state index in [4.69, 9.17) is 4.74 Å². The summed E-state index contributed by atoms with van der Waals surface area (Å²) in [5.74, 6) is -2.79. The number of aromatic nitrogens is 1. The fourth-order valence-electron chi connectivity index (χ4n) is 5.05. The first-order chi connectivity index (χ1) is 15.3. The molecule has 2 amide bonds. The van der Waals surface area contributed by atoms with E-state index in [1.165, 1.54) is 29.2 Å². The number of ether oxygens (including phenoxy) is 1. The number of pyridine rings is 1. The van der Waals surface area contributed by atoms with Crippen LogP contribution in [0.2, 0.25) is 0 Å². The molecule has 4 heterocycles. The van der Waals surface area contributed by atoms with Crippen molar-refractivity contribution in [2.75, 3.05) is 13.1 Å². The third-order valence-electron chi connectivity index (χ3n) is 6.63. The van der Waals surface area contributed by atoms with Crippen molar-refractivity contribution in [2.24, 2.45) is 0 Å². The van der Waals surface area contributed by atoms with Crippen molar-refractivity contribution < 1.29 is 27.5 Å². The maximum atomic E-state index is 14.1. The molecule has 1 spiro atoms. The second-order valence-corrected chi connectivity index (χ2v) is 8.65. The first kappa shape index (κ1) is 20.9. The minimum Gasteiger partial charge on any atom is -0.342 e. The summed E-state index contributed by atoms with van der Waals surface area (Å²) in [6.45, 7) is 2.12. The highest BCUT2D eigenvalue weighted by atomic mass is 19.1. The molecule has 3 saturated heterocycles. The zero-order valence-corrected chi connectivity index (χ0v) is 17.5. The van der Waals surface area contributed by atoms with E-state index < -0.39 is 41.2 Å². The number of carbonyl (C=O) groups excluding carboxylic acids is 2. The lowest BCUT2D eigenvalue weighted by atomic mass is 9.89. The molecule has 168 valence electrons. The van der Waals surface area contributed by atoms with Crippen LogP contribution < -0.4 is 0 Å². The van der Waals surface area contributed by atoms with Crippen molar-refractivity contribution >= 4 is 11.8 Å². The van der Waals surface area contributed by atoms with Crippen LogP contribution in [0.1, 0.15) is 53.5 Å². The van der Waals surface area contributed by atoms with E-state index in [0.29, 0.717) is 24.1 Å². The Morgan fingerprint density at radius 3 is 2.47 bits per heavy atom. The van der Waals surface area contributed by atoms with Gasteiger partial charge in [-0.1, -0.05) is 0 Å². The highest BCUT2D eigenvalue weighted by Crippen LogP contribution is 2.47. The Hall–Kier alpha value is -2.94. The molecule has 6 nitrogen and oxygen atoms in total. The van der Waals surface area contributed by atoms with Crippen LogP contribution in [0.15, 0.2) is 30.3 Å². The van der Waals surface area contributed by atoms with Gasteiger partial charge in [0.2, 0.25) is 0 Å². The number of amides is 2. The quantitative estimate of drug-likeness (QED) is 0.710. The largest absolute Gasteiger partial charge is 0.342 e. The van der Waals surface area contributed by atoms with Crippen LogP contribution in [-0.2, 0) is 9.53 Å². The van der Waals surface area contributed by atoms with Gasteiger partial charge in [-0.2, -0.15) is 0 Å². The molecule has 32 heavy (non-hydrogen) atoms. The van der Waals surface area contributed by atoms with Gasteiger partial charge in [-0.15, -0.1) is 0 Å². The van der Waals surface area contributed by atoms with Crippen molar-refractivity contribution in [3.05, 3.63) is 64.7 Å². The van der Waals surface area contributed by atoms with E-state index in [2.05, 4.69) is 4.98 Å². The molecule has 3 fully saturated rings. The second kappa shape index (κ2) is 7.58. The number of benzene rings is 1. The van der Waals surface area contributed by atoms with Gasteiger partial charge >= 0.3 is 0 Å². The number of halogens is 3. The number of rotatable bonds is 2. The Morgan fingerprint density at radius 2 is 1.78 bits per heavy atom. The lowest BCUT2D eigenvalue weighted by Crippen LogP contribution is -2.52. The molecule has 0 saturated carbocycles. The summed E-state index contributed by atoms with van der Waals surface area (Å²) in [6, 6.07) is 5.56. The maximum Gasteiger partial charge on any atom is 0.275 e. The fourth-order valence-corrected chi connectivity index (χ4v) is 5.05. The first-order valence-corrected chi connectivity index (χ1v) is 10.7. The van der Waals surface area contributed by atoms with Crippen LogP contribution in [-0.4, -0.2) is 51.5 Å². The van der Waals surface area contributed by atoms with Crippen LogP contribution in [0, 0.1) is 24.4 Å². The van der Waals surface area contributed by atoms with E-state index in [1.807, 2.05) is 0 Å². The lowest BCUT2D eigenvalue weighted by molar-refractivity contribution is -0.142. The number of fused-ring (bicyclic) bond motifs is 1. The number of hydrogen-bond acceptors (Lipinski definition) is 4. The molecule has 2 atom stereocenters. The number of nitrogens with zero attached hydrogens (tertiary/aromatic N) is 3. The topological polar surface area (TPSA) is 62.7 Å². The van der Waals surface area contributed by atoms with Crippen molar-refractivity contribution in [3.8, 4) is 0 Å². The number of carbonyl (C=O) groups is 2. The van der Waals surface area contributed by atoms with Gasteiger partial charge in [0.05, 0.1) is 6.04 Å². The molecule has 0 radical (unpaired) electrons. The molecular formula is C23H22F3N3O3. The summed E-state index contributed by atoms with van der Waals surface area (Å²) >= 11 is 0. The molecule has 5 rings (SSSR count). The molecule has 0 N–H and O–H groups in total. The molecule has 0 aliphatic carbocycles. The van der Waals surface area contributed by atoms with Crippen LogP contribution >= 0.6 is 0 Å².